The molecule has 0 unspecified atom stereocenters. The zero-order valence-electron chi connectivity index (χ0n) is 10.3. The lowest BCUT2D eigenvalue weighted by atomic mass is 10.5. The molecule has 0 aliphatic heterocycles. The predicted octanol–water partition coefficient (Wildman–Crippen LogP) is 1.27. The Morgan fingerprint density at radius 1 is 1.12 bits per heavy atom. The highest BCUT2D eigenvalue weighted by atomic mass is 15.1. The van der Waals surface area contributed by atoms with Crippen LogP contribution in [0.1, 0.15) is 13.3 Å². The highest BCUT2D eigenvalue weighted by Gasteiger charge is 1.97. The van der Waals surface area contributed by atoms with E-state index in [9.17, 15) is 0 Å². The molecule has 0 saturated heterocycles. The first kappa shape index (κ1) is 12.7. The van der Waals surface area contributed by atoms with Crippen molar-refractivity contribution in [2.45, 2.75) is 13.3 Å². The minimum Gasteiger partial charge on any atom is -0.369 e. The maximum Gasteiger partial charge on any atom is 0.147 e. The molecule has 2 N–H and O–H groups in total. The molecule has 0 spiro atoms. The molecule has 0 aromatic carbocycles. The van der Waals surface area contributed by atoms with Crippen molar-refractivity contribution in [3.8, 4) is 0 Å². The summed E-state index contributed by atoms with van der Waals surface area (Å²) in [5, 5.41) is 6.45. The second-order valence-corrected chi connectivity index (χ2v) is 3.95. The van der Waals surface area contributed by atoms with Crippen molar-refractivity contribution < 1.29 is 0 Å². The lowest BCUT2D eigenvalue weighted by molar-refractivity contribution is 0.425. The van der Waals surface area contributed by atoms with Gasteiger partial charge in [-0.1, -0.05) is 6.92 Å². The van der Waals surface area contributed by atoms with Gasteiger partial charge in [-0.2, -0.15) is 0 Å². The normalized spacial score (nSPS) is 10.5. The summed E-state index contributed by atoms with van der Waals surface area (Å²) in [5.41, 5.74) is 0. The van der Waals surface area contributed by atoms with E-state index >= 15 is 0 Å². The Morgan fingerprint density at radius 2 is 1.75 bits per heavy atom. The summed E-state index contributed by atoms with van der Waals surface area (Å²) in [6, 6.07) is 0. The SMILES string of the molecule is CCCNc1cncc(NCCN(C)C)n1. The number of anilines is 2. The lowest BCUT2D eigenvalue weighted by Gasteiger charge is -2.11. The highest BCUT2D eigenvalue weighted by Crippen LogP contribution is 2.05. The van der Waals surface area contributed by atoms with Gasteiger partial charge in [0, 0.05) is 19.6 Å². The van der Waals surface area contributed by atoms with E-state index in [1.807, 2.05) is 14.1 Å². The van der Waals surface area contributed by atoms with E-state index in [4.69, 9.17) is 0 Å². The molecule has 16 heavy (non-hydrogen) atoms. The predicted molar refractivity (Wildman–Crippen MR) is 67.9 cm³/mol. The molecule has 0 fully saturated rings. The van der Waals surface area contributed by atoms with Gasteiger partial charge in [0.05, 0.1) is 12.4 Å². The summed E-state index contributed by atoms with van der Waals surface area (Å²) < 4.78 is 0. The Kier molecular flexibility index (Phi) is 5.56. The van der Waals surface area contributed by atoms with Crippen LogP contribution in [0.4, 0.5) is 11.6 Å². The number of likely N-dealkylation sites (N-methyl/N-ethyl adjacent to an activating group) is 1. The van der Waals surface area contributed by atoms with Gasteiger partial charge in [-0.15, -0.1) is 0 Å². The summed E-state index contributed by atoms with van der Waals surface area (Å²) >= 11 is 0. The fourth-order valence-electron chi connectivity index (χ4n) is 1.20. The molecule has 5 heteroatoms. The molecule has 1 aromatic heterocycles. The van der Waals surface area contributed by atoms with Crippen LogP contribution in [0.3, 0.4) is 0 Å². The fraction of sp³-hybridized carbons (Fsp3) is 0.636. The van der Waals surface area contributed by atoms with E-state index in [-0.39, 0.29) is 0 Å². The Balaban J connectivity index is 2.40. The molecule has 0 radical (unpaired) electrons. The number of hydrogen-bond donors (Lipinski definition) is 2. The van der Waals surface area contributed by atoms with Gasteiger partial charge in [-0.05, 0) is 20.5 Å². The minimum atomic E-state index is 0.822. The second-order valence-electron chi connectivity index (χ2n) is 3.95. The number of rotatable bonds is 7. The largest absolute Gasteiger partial charge is 0.369 e. The Bertz CT molecular complexity index is 300. The van der Waals surface area contributed by atoms with Crippen molar-refractivity contribution in [2.75, 3.05) is 44.4 Å². The molecule has 0 atom stereocenters. The van der Waals surface area contributed by atoms with Gasteiger partial charge in [-0.3, -0.25) is 4.98 Å². The average Bonchev–Trinajstić information content (AvgIpc) is 2.26. The monoisotopic (exact) mass is 223 g/mol. The van der Waals surface area contributed by atoms with E-state index in [0.717, 1.165) is 37.7 Å². The number of aromatic nitrogens is 2. The Morgan fingerprint density at radius 3 is 2.31 bits per heavy atom. The van der Waals surface area contributed by atoms with Crippen molar-refractivity contribution in [1.29, 1.82) is 0 Å². The first-order valence-electron chi connectivity index (χ1n) is 5.67. The topological polar surface area (TPSA) is 53.1 Å². The molecule has 1 rings (SSSR count). The molecule has 0 bridgehead atoms. The molecular formula is C11H21N5. The van der Waals surface area contributed by atoms with Crippen molar-refractivity contribution in [3.05, 3.63) is 12.4 Å². The van der Waals surface area contributed by atoms with Crippen LogP contribution in [0.25, 0.3) is 0 Å². The smallest absolute Gasteiger partial charge is 0.147 e. The molecule has 0 aliphatic rings. The summed E-state index contributed by atoms with van der Waals surface area (Å²) in [5.74, 6) is 1.65. The van der Waals surface area contributed by atoms with Gasteiger partial charge in [0.25, 0.3) is 0 Å². The molecule has 5 nitrogen and oxygen atoms in total. The van der Waals surface area contributed by atoms with E-state index in [1.165, 1.54) is 0 Å². The van der Waals surface area contributed by atoms with Crippen LogP contribution in [0.2, 0.25) is 0 Å². The third-order valence-electron chi connectivity index (χ3n) is 2.06. The molecule has 90 valence electrons. The van der Waals surface area contributed by atoms with E-state index in [2.05, 4.69) is 32.4 Å². The van der Waals surface area contributed by atoms with Crippen LogP contribution in [0, 0.1) is 0 Å². The third kappa shape index (κ3) is 4.93. The lowest BCUT2D eigenvalue weighted by Crippen LogP contribution is -2.21. The molecule has 0 aliphatic carbocycles. The standard InChI is InChI=1S/C11H21N5/c1-4-5-13-10-8-12-9-11(15-10)14-6-7-16(2)3/h8-9H,4-7H2,1-3H3,(H2,13,14,15). The zero-order chi connectivity index (χ0) is 11.8. The second kappa shape index (κ2) is 7.00. The maximum absolute atomic E-state index is 4.40. The first-order chi connectivity index (χ1) is 7.72. The molecule has 0 amide bonds. The van der Waals surface area contributed by atoms with Crippen molar-refractivity contribution in [3.63, 3.8) is 0 Å². The van der Waals surface area contributed by atoms with Crippen LogP contribution in [-0.2, 0) is 0 Å². The van der Waals surface area contributed by atoms with E-state index in [0.29, 0.717) is 0 Å². The fourth-order valence-corrected chi connectivity index (χ4v) is 1.20. The van der Waals surface area contributed by atoms with Crippen LogP contribution in [-0.4, -0.2) is 48.6 Å². The number of hydrogen-bond acceptors (Lipinski definition) is 5. The quantitative estimate of drug-likeness (QED) is 0.729. The van der Waals surface area contributed by atoms with Crippen LogP contribution in [0.5, 0.6) is 0 Å². The summed E-state index contributed by atoms with van der Waals surface area (Å²) in [7, 11) is 4.10. The van der Waals surface area contributed by atoms with Gasteiger partial charge in [0.15, 0.2) is 0 Å². The first-order valence-corrected chi connectivity index (χ1v) is 5.67. The maximum atomic E-state index is 4.40. The Hall–Kier alpha value is -1.36. The third-order valence-corrected chi connectivity index (χ3v) is 2.06. The molecular weight excluding hydrogens is 202 g/mol. The number of nitrogens with zero attached hydrogens (tertiary/aromatic N) is 3. The van der Waals surface area contributed by atoms with Crippen LogP contribution < -0.4 is 10.6 Å². The van der Waals surface area contributed by atoms with Gasteiger partial charge >= 0.3 is 0 Å². The van der Waals surface area contributed by atoms with Crippen LogP contribution >= 0.6 is 0 Å². The van der Waals surface area contributed by atoms with Crippen molar-refractivity contribution in [1.82, 2.24) is 14.9 Å². The zero-order valence-corrected chi connectivity index (χ0v) is 10.3. The Labute approximate surface area is 97.3 Å². The summed E-state index contributed by atoms with van der Waals surface area (Å²) in [6.07, 6.45) is 4.57. The van der Waals surface area contributed by atoms with Gasteiger partial charge in [0.2, 0.25) is 0 Å². The molecule has 0 saturated carbocycles. The van der Waals surface area contributed by atoms with Crippen LogP contribution in [0.15, 0.2) is 12.4 Å². The highest BCUT2D eigenvalue weighted by molar-refractivity contribution is 5.41. The van der Waals surface area contributed by atoms with Gasteiger partial charge < -0.3 is 15.5 Å². The minimum absolute atomic E-state index is 0.822. The van der Waals surface area contributed by atoms with E-state index in [1.54, 1.807) is 12.4 Å². The summed E-state index contributed by atoms with van der Waals surface area (Å²) in [6.45, 7) is 4.91. The number of nitrogens with one attached hydrogen (secondary N) is 2. The summed E-state index contributed by atoms with van der Waals surface area (Å²) in [4.78, 5) is 10.7. The van der Waals surface area contributed by atoms with Crippen molar-refractivity contribution >= 4 is 11.6 Å². The molecule has 1 heterocycles. The van der Waals surface area contributed by atoms with Crippen molar-refractivity contribution in [2.24, 2.45) is 0 Å². The average molecular weight is 223 g/mol. The van der Waals surface area contributed by atoms with Gasteiger partial charge in [-0.25, -0.2) is 4.98 Å². The van der Waals surface area contributed by atoms with E-state index < -0.39 is 0 Å². The molecule has 1 aromatic rings. The van der Waals surface area contributed by atoms with Gasteiger partial charge in [0.1, 0.15) is 11.6 Å².